The minimum atomic E-state index is -3.41. The summed E-state index contributed by atoms with van der Waals surface area (Å²) in [6, 6.07) is 14.5. The van der Waals surface area contributed by atoms with E-state index in [9.17, 15) is 13.2 Å². The molecule has 0 heterocycles. The number of hydrogen-bond acceptors (Lipinski definition) is 3. The van der Waals surface area contributed by atoms with Crippen molar-refractivity contribution in [2.45, 2.75) is 26.3 Å². The highest BCUT2D eigenvalue weighted by atomic mass is 32.2. The lowest BCUT2D eigenvalue weighted by molar-refractivity contribution is 0.0940. The predicted molar refractivity (Wildman–Crippen MR) is 111 cm³/mol. The molecule has 27 heavy (non-hydrogen) atoms. The summed E-state index contributed by atoms with van der Waals surface area (Å²) in [7, 11) is -3.41. The van der Waals surface area contributed by atoms with Gasteiger partial charge in [-0.3, -0.25) is 9.10 Å². The fraction of sp³-hybridized carbons (Fsp3) is 0.286. The Morgan fingerprint density at radius 2 is 1.74 bits per heavy atom. The first-order valence-electron chi connectivity index (χ1n) is 8.84. The lowest BCUT2D eigenvalue weighted by Gasteiger charge is -2.21. The Morgan fingerprint density at radius 1 is 1.15 bits per heavy atom. The van der Waals surface area contributed by atoms with Gasteiger partial charge in [0.15, 0.2) is 0 Å². The molecule has 2 aromatic rings. The van der Waals surface area contributed by atoms with Crippen molar-refractivity contribution in [3.63, 3.8) is 0 Å². The van der Waals surface area contributed by atoms with Gasteiger partial charge in [-0.2, -0.15) is 0 Å². The SMILES string of the molecule is C=CCN(c1ccc(C(=O)N[C@H](C)c2ccc(CC)cc2)cc1)S(C)(=O)=O. The van der Waals surface area contributed by atoms with E-state index >= 15 is 0 Å². The Labute approximate surface area is 161 Å². The van der Waals surface area contributed by atoms with Crippen molar-refractivity contribution in [2.24, 2.45) is 0 Å². The highest BCUT2D eigenvalue weighted by Crippen LogP contribution is 2.19. The molecular formula is C21H26N2O3S. The molecule has 1 amide bonds. The summed E-state index contributed by atoms with van der Waals surface area (Å²) in [5.41, 5.74) is 3.26. The smallest absolute Gasteiger partial charge is 0.251 e. The van der Waals surface area contributed by atoms with Gasteiger partial charge in [-0.05, 0) is 48.7 Å². The molecule has 0 radical (unpaired) electrons. The summed E-state index contributed by atoms with van der Waals surface area (Å²) in [6.45, 7) is 7.80. The second kappa shape index (κ2) is 8.86. The molecule has 0 spiro atoms. The van der Waals surface area contributed by atoms with Crippen molar-refractivity contribution in [3.05, 3.63) is 77.9 Å². The van der Waals surface area contributed by atoms with Crippen LogP contribution in [0, 0.1) is 0 Å². The molecule has 0 saturated carbocycles. The summed E-state index contributed by atoms with van der Waals surface area (Å²) in [5, 5.41) is 2.97. The van der Waals surface area contributed by atoms with Crippen LogP contribution in [0.3, 0.4) is 0 Å². The molecule has 0 unspecified atom stereocenters. The molecular weight excluding hydrogens is 360 g/mol. The maximum atomic E-state index is 12.5. The average molecular weight is 387 g/mol. The van der Waals surface area contributed by atoms with Crippen LogP contribution in [0.25, 0.3) is 0 Å². The van der Waals surface area contributed by atoms with Gasteiger partial charge in [0, 0.05) is 5.56 Å². The number of aryl methyl sites for hydroxylation is 1. The summed E-state index contributed by atoms with van der Waals surface area (Å²) >= 11 is 0. The van der Waals surface area contributed by atoms with Crippen LogP contribution in [0.4, 0.5) is 5.69 Å². The molecule has 0 aliphatic heterocycles. The molecule has 1 atom stereocenters. The molecule has 0 saturated heterocycles. The zero-order valence-electron chi connectivity index (χ0n) is 16.0. The standard InChI is InChI=1S/C21H26N2O3S/c1-5-15-23(27(4,25)26)20-13-11-19(12-14-20)21(24)22-16(3)18-9-7-17(6-2)8-10-18/h5,7-14,16H,1,6,15H2,2-4H3,(H,22,24)/t16-/m1/s1. The molecule has 0 fully saturated rings. The highest BCUT2D eigenvalue weighted by molar-refractivity contribution is 7.92. The summed E-state index contributed by atoms with van der Waals surface area (Å²) in [6.07, 6.45) is 3.64. The van der Waals surface area contributed by atoms with Crippen LogP contribution >= 0.6 is 0 Å². The van der Waals surface area contributed by atoms with Crippen LogP contribution in [-0.2, 0) is 16.4 Å². The first-order valence-corrected chi connectivity index (χ1v) is 10.7. The van der Waals surface area contributed by atoms with Crippen LogP contribution < -0.4 is 9.62 Å². The average Bonchev–Trinajstić information content (AvgIpc) is 2.65. The van der Waals surface area contributed by atoms with Crippen molar-refractivity contribution in [3.8, 4) is 0 Å². The van der Waals surface area contributed by atoms with E-state index in [-0.39, 0.29) is 18.5 Å². The molecule has 0 bridgehead atoms. The molecule has 0 aliphatic carbocycles. The quantitative estimate of drug-likeness (QED) is 0.704. The lowest BCUT2D eigenvalue weighted by atomic mass is 10.0. The van der Waals surface area contributed by atoms with Crippen LogP contribution in [-0.4, -0.2) is 27.1 Å². The third-order valence-electron chi connectivity index (χ3n) is 4.35. The van der Waals surface area contributed by atoms with Gasteiger partial charge in [-0.1, -0.05) is 37.3 Å². The monoisotopic (exact) mass is 386 g/mol. The normalized spacial score (nSPS) is 12.3. The number of nitrogens with zero attached hydrogens (tertiary/aromatic N) is 1. The molecule has 1 N–H and O–H groups in total. The Morgan fingerprint density at radius 3 is 2.22 bits per heavy atom. The minimum Gasteiger partial charge on any atom is -0.346 e. The fourth-order valence-corrected chi connectivity index (χ4v) is 3.61. The van der Waals surface area contributed by atoms with Gasteiger partial charge >= 0.3 is 0 Å². The van der Waals surface area contributed by atoms with E-state index in [0.29, 0.717) is 11.3 Å². The second-order valence-electron chi connectivity index (χ2n) is 6.42. The van der Waals surface area contributed by atoms with Gasteiger partial charge < -0.3 is 5.32 Å². The number of anilines is 1. The molecule has 2 rings (SSSR count). The van der Waals surface area contributed by atoms with Crippen molar-refractivity contribution in [1.29, 1.82) is 0 Å². The van der Waals surface area contributed by atoms with E-state index in [1.165, 1.54) is 15.9 Å². The van der Waals surface area contributed by atoms with Gasteiger partial charge in [0.2, 0.25) is 10.0 Å². The van der Waals surface area contributed by atoms with E-state index in [0.717, 1.165) is 18.2 Å². The lowest BCUT2D eigenvalue weighted by Crippen LogP contribution is -2.30. The van der Waals surface area contributed by atoms with Crippen LogP contribution in [0.1, 0.15) is 41.4 Å². The summed E-state index contributed by atoms with van der Waals surface area (Å²) in [4.78, 5) is 12.5. The summed E-state index contributed by atoms with van der Waals surface area (Å²) in [5.74, 6) is -0.205. The predicted octanol–water partition coefficient (Wildman–Crippen LogP) is 3.69. The third kappa shape index (κ3) is 5.44. The van der Waals surface area contributed by atoms with Gasteiger partial charge in [0.1, 0.15) is 0 Å². The van der Waals surface area contributed by atoms with E-state index < -0.39 is 10.0 Å². The first kappa shape index (κ1) is 20.7. The third-order valence-corrected chi connectivity index (χ3v) is 5.51. The van der Waals surface area contributed by atoms with Crippen molar-refractivity contribution in [1.82, 2.24) is 5.32 Å². The topological polar surface area (TPSA) is 66.5 Å². The van der Waals surface area contributed by atoms with Crippen LogP contribution in [0.5, 0.6) is 0 Å². The minimum absolute atomic E-state index is 0.128. The molecule has 5 nitrogen and oxygen atoms in total. The van der Waals surface area contributed by atoms with E-state index in [4.69, 9.17) is 0 Å². The number of benzene rings is 2. The van der Waals surface area contributed by atoms with Crippen LogP contribution in [0.15, 0.2) is 61.2 Å². The first-order chi connectivity index (χ1) is 12.8. The van der Waals surface area contributed by atoms with Gasteiger partial charge in [0.25, 0.3) is 5.91 Å². The largest absolute Gasteiger partial charge is 0.346 e. The van der Waals surface area contributed by atoms with Crippen molar-refractivity contribution in [2.75, 3.05) is 17.1 Å². The van der Waals surface area contributed by atoms with Crippen molar-refractivity contribution >= 4 is 21.6 Å². The number of hydrogen-bond donors (Lipinski definition) is 1. The number of sulfonamides is 1. The van der Waals surface area contributed by atoms with Gasteiger partial charge in [0.05, 0.1) is 24.5 Å². The number of nitrogens with one attached hydrogen (secondary N) is 1. The Kier molecular flexibility index (Phi) is 6.80. The number of rotatable bonds is 8. The Hall–Kier alpha value is -2.60. The number of amides is 1. The maximum Gasteiger partial charge on any atom is 0.251 e. The van der Waals surface area contributed by atoms with E-state index in [1.54, 1.807) is 24.3 Å². The second-order valence-corrected chi connectivity index (χ2v) is 8.33. The maximum absolute atomic E-state index is 12.5. The molecule has 0 aliphatic rings. The number of carbonyl (C=O) groups excluding carboxylic acids is 1. The molecule has 6 heteroatoms. The Balaban J connectivity index is 2.11. The van der Waals surface area contributed by atoms with Gasteiger partial charge in [-0.15, -0.1) is 6.58 Å². The molecule has 0 aromatic heterocycles. The number of carbonyl (C=O) groups is 1. The molecule has 144 valence electrons. The van der Waals surface area contributed by atoms with E-state index in [2.05, 4.69) is 31.0 Å². The van der Waals surface area contributed by atoms with Crippen LogP contribution in [0.2, 0.25) is 0 Å². The zero-order valence-corrected chi connectivity index (χ0v) is 16.8. The van der Waals surface area contributed by atoms with Crippen molar-refractivity contribution < 1.29 is 13.2 Å². The summed E-state index contributed by atoms with van der Waals surface area (Å²) < 4.78 is 25.0. The molecule has 2 aromatic carbocycles. The van der Waals surface area contributed by atoms with E-state index in [1.807, 2.05) is 19.1 Å². The van der Waals surface area contributed by atoms with Gasteiger partial charge in [-0.25, -0.2) is 8.42 Å². The Bertz CT molecular complexity index is 888. The fourth-order valence-electron chi connectivity index (χ4n) is 2.73. The highest BCUT2D eigenvalue weighted by Gasteiger charge is 2.17. The zero-order chi connectivity index (χ0) is 20.0.